The van der Waals surface area contributed by atoms with E-state index in [0.29, 0.717) is 11.9 Å². The first-order valence-corrected chi connectivity index (χ1v) is 11.0. The molecule has 30 heavy (non-hydrogen) atoms. The van der Waals surface area contributed by atoms with Crippen molar-refractivity contribution in [3.63, 3.8) is 0 Å². The van der Waals surface area contributed by atoms with Crippen molar-refractivity contribution in [2.75, 3.05) is 13.1 Å². The average Bonchev–Trinajstić information content (AvgIpc) is 2.99. The molecule has 0 bridgehead atoms. The van der Waals surface area contributed by atoms with Gasteiger partial charge in [0.15, 0.2) is 0 Å². The highest BCUT2D eigenvalue weighted by Crippen LogP contribution is 2.22. The van der Waals surface area contributed by atoms with Crippen LogP contribution in [-0.2, 0) is 20.9 Å². The molecule has 1 aromatic carbocycles. The minimum absolute atomic E-state index is 0.203. The second kappa shape index (κ2) is 12.5. The lowest BCUT2D eigenvalue weighted by molar-refractivity contribution is -0.159. The summed E-state index contributed by atoms with van der Waals surface area (Å²) in [5.74, 6) is -3.15. The van der Waals surface area contributed by atoms with Crippen molar-refractivity contribution in [3.05, 3.63) is 34.9 Å². The zero-order valence-corrected chi connectivity index (χ0v) is 17.9. The molecule has 1 saturated carbocycles. The molecule has 0 spiro atoms. The summed E-state index contributed by atoms with van der Waals surface area (Å²) in [6, 6.07) is 8.50. The number of carbonyl (C=O) groups is 3. The van der Waals surface area contributed by atoms with E-state index in [1.165, 1.54) is 44.1 Å². The van der Waals surface area contributed by atoms with Crippen molar-refractivity contribution < 1.29 is 24.6 Å². The van der Waals surface area contributed by atoms with E-state index in [2.05, 4.69) is 22.3 Å². The summed E-state index contributed by atoms with van der Waals surface area (Å²) >= 11 is 5.94. The minimum atomic E-state index is -1.82. The van der Waals surface area contributed by atoms with Crippen molar-refractivity contribution in [3.8, 4) is 0 Å². The molecule has 166 valence electrons. The van der Waals surface area contributed by atoms with E-state index in [9.17, 15) is 4.79 Å². The Morgan fingerprint density at radius 3 is 1.93 bits per heavy atom. The number of nitrogens with zero attached hydrogens (tertiary/aromatic N) is 1. The second-order valence-electron chi connectivity index (χ2n) is 7.98. The number of hydrogen-bond donors (Lipinski definition) is 3. The lowest BCUT2D eigenvalue weighted by Crippen LogP contribution is -2.43. The number of carboxylic acids is 2. The molecule has 7 nitrogen and oxygen atoms in total. The van der Waals surface area contributed by atoms with Gasteiger partial charge in [0.25, 0.3) is 0 Å². The van der Waals surface area contributed by atoms with Crippen molar-refractivity contribution in [1.29, 1.82) is 0 Å². The number of piperidine rings is 1. The van der Waals surface area contributed by atoms with Gasteiger partial charge >= 0.3 is 11.9 Å². The molecular weight excluding hydrogens is 408 g/mol. The summed E-state index contributed by atoms with van der Waals surface area (Å²) in [6.07, 6.45) is 9.49. The molecule has 0 atom stereocenters. The van der Waals surface area contributed by atoms with E-state index in [1.54, 1.807) is 0 Å². The van der Waals surface area contributed by atoms with Crippen LogP contribution < -0.4 is 5.32 Å². The Morgan fingerprint density at radius 1 is 0.900 bits per heavy atom. The Morgan fingerprint density at radius 2 is 1.43 bits per heavy atom. The third-order valence-electron chi connectivity index (χ3n) is 5.66. The summed E-state index contributed by atoms with van der Waals surface area (Å²) in [4.78, 5) is 33.2. The van der Waals surface area contributed by atoms with Gasteiger partial charge in [-0.05, 0) is 56.5 Å². The van der Waals surface area contributed by atoms with Crippen LogP contribution in [0.2, 0.25) is 5.02 Å². The first-order chi connectivity index (χ1) is 14.3. The number of rotatable bonds is 4. The van der Waals surface area contributed by atoms with Gasteiger partial charge in [0, 0.05) is 23.5 Å². The van der Waals surface area contributed by atoms with E-state index < -0.39 is 11.9 Å². The molecule has 3 rings (SSSR count). The SMILES string of the molecule is O=C(NC1CCCCCC1)C1CCN(Cc2ccc(Cl)cc2)CC1.O=C(O)C(=O)O. The Bertz CT molecular complexity index is 682. The summed E-state index contributed by atoms with van der Waals surface area (Å²) in [5, 5.41) is 18.9. The molecule has 1 aliphatic heterocycles. The normalized spacial score (nSPS) is 18.6. The molecule has 3 N–H and O–H groups in total. The lowest BCUT2D eigenvalue weighted by atomic mass is 9.94. The Hall–Kier alpha value is -2.12. The molecule has 1 aliphatic carbocycles. The van der Waals surface area contributed by atoms with Gasteiger partial charge in [-0.2, -0.15) is 0 Å². The molecule has 0 aromatic heterocycles. The topological polar surface area (TPSA) is 107 Å². The average molecular weight is 439 g/mol. The number of halogens is 1. The Labute approximate surface area is 182 Å². The van der Waals surface area contributed by atoms with E-state index in [4.69, 9.17) is 31.4 Å². The number of nitrogens with one attached hydrogen (secondary N) is 1. The first-order valence-electron chi connectivity index (χ1n) is 10.6. The van der Waals surface area contributed by atoms with Crippen LogP contribution in [0.15, 0.2) is 24.3 Å². The van der Waals surface area contributed by atoms with Gasteiger partial charge in [-0.3, -0.25) is 9.69 Å². The zero-order valence-electron chi connectivity index (χ0n) is 17.2. The van der Waals surface area contributed by atoms with Gasteiger partial charge in [-0.25, -0.2) is 9.59 Å². The molecule has 2 aliphatic rings. The van der Waals surface area contributed by atoms with Crippen LogP contribution in [0.3, 0.4) is 0 Å². The van der Waals surface area contributed by atoms with Crippen LogP contribution in [0.25, 0.3) is 0 Å². The lowest BCUT2D eigenvalue weighted by Gasteiger charge is -2.32. The third kappa shape index (κ3) is 8.71. The maximum Gasteiger partial charge on any atom is 0.414 e. The molecule has 1 heterocycles. The van der Waals surface area contributed by atoms with Crippen LogP contribution in [0, 0.1) is 5.92 Å². The number of amides is 1. The van der Waals surface area contributed by atoms with Crippen molar-refractivity contribution in [2.45, 2.75) is 64.0 Å². The number of benzene rings is 1. The number of likely N-dealkylation sites (tertiary alicyclic amines) is 1. The molecule has 0 radical (unpaired) electrons. The number of carbonyl (C=O) groups excluding carboxylic acids is 1. The van der Waals surface area contributed by atoms with Gasteiger partial charge in [-0.15, -0.1) is 0 Å². The standard InChI is InChI=1S/C20H29ClN2O.C2H2O4/c21-18-9-7-16(8-10-18)15-23-13-11-17(12-14-23)20(24)22-19-5-3-1-2-4-6-19;3-1(4)2(5)6/h7-10,17,19H,1-6,11-15H2,(H,22,24);(H,3,4)(H,5,6). The smallest absolute Gasteiger partial charge is 0.414 e. The van der Waals surface area contributed by atoms with Crippen LogP contribution >= 0.6 is 11.6 Å². The van der Waals surface area contributed by atoms with Crippen LogP contribution in [0.1, 0.15) is 56.9 Å². The maximum absolute atomic E-state index is 12.5. The highest BCUT2D eigenvalue weighted by Gasteiger charge is 2.26. The van der Waals surface area contributed by atoms with Crippen molar-refractivity contribution in [1.82, 2.24) is 10.2 Å². The van der Waals surface area contributed by atoms with Crippen LogP contribution in [0.4, 0.5) is 0 Å². The van der Waals surface area contributed by atoms with Gasteiger partial charge in [0.2, 0.25) is 5.91 Å². The number of carboxylic acid groups (broad SMARTS) is 2. The fraction of sp³-hybridized carbons (Fsp3) is 0.591. The predicted molar refractivity (Wildman–Crippen MR) is 114 cm³/mol. The fourth-order valence-electron chi connectivity index (χ4n) is 3.94. The van der Waals surface area contributed by atoms with Gasteiger partial charge in [0.1, 0.15) is 0 Å². The summed E-state index contributed by atoms with van der Waals surface area (Å²) in [7, 11) is 0. The molecule has 1 saturated heterocycles. The van der Waals surface area contributed by atoms with E-state index in [1.807, 2.05) is 12.1 Å². The zero-order chi connectivity index (χ0) is 21.9. The predicted octanol–water partition coefficient (Wildman–Crippen LogP) is 3.55. The third-order valence-corrected chi connectivity index (χ3v) is 5.91. The molecule has 2 fully saturated rings. The maximum atomic E-state index is 12.5. The Balaban J connectivity index is 0.000000469. The highest BCUT2D eigenvalue weighted by atomic mass is 35.5. The fourth-order valence-corrected chi connectivity index (χ4v) is 4.07. The molecule has 1 amide bonds. The molecule has 8 heteroatoms. The van der Waals surface area contributed by atoms with Crippen molar-refractivity contribution >= 4 is 29.4 Å². The van der Waals surface area contributed by atoms with Crippen molar-refractivity contribution in [2.24, 2.45) is 5.92 Å². The monoisotopic (exact) mass is 438 g/mol. The summed E-state index contributed by atoms with van der Waals surface area (Å²) < 4.78 is 0. The van der Waals surface area contributed by atoms with E-state index in [0.717, 1.165) is 37.5 Å². The minimum Gasteiger partial charge on any atom is -0.473 e. The first kappa shape index (κ1) is 24.2. The van der Waals surface area contributed by atoms with Gasteiger partial charge < -0.3 is 15.5 Å². The second-order valence-corrected chi connectivity index (χ2v) is 8.42. The Kier molecular flexibility index (Phi) is 10.1. The van der Waals surface area contributed by atoms with Crippen LogP contribution in [0.5, 0.6) is 0 Å². The highest BCUT2D eigenvalue weighted by molar-refractivity contribution is 6.30. The van der Waals surface area contributed by atoms with Crippen LogP contribution in [-0.4, -0.2) is 52.1 Å². The summed E-state index contributed by atoms with van der Waals surface area (Å²) in [6.45, 7) is 2.96. The molecular formula is C22H31ClN2O5. The quantitative estimate of drug-likeness (QED) is 0.490. The van der Waals surface area contributed by atoms with Gasteiger partial charge in [-0.1, -0.05) is 49.4 Å². The molecule has 0 unspecified atom stereocenters. The largest absolute Gasteiger partial charge is 0.473 e. The number of hydrogen-bond acceptors (Lipinski definition) is 4. The van der Waals surface area contributed by atoms with E-state index in [-0.39, 0.29) is 5.92 Å². The van der Waals surface area contributed by atoms with E-state index >= 15 is 0 Å². The van der Waals surface area contributed by atoms with Gasteiger partial charge in [0.05, 0.1) is 0 Å². The summed E-state index contributed by atoms with van der Waals surface area (Å²) in [5.41, 5.74) is 1.29. The number of aliphatic carboxylic acids is 2. The molecule has 1 aromatic rings.